The minimum atomic E-state index is -3.70. The van der Waals surface area contributed by atoms with Crippen molar-refractivity contribution in [1.82, 2.24) is 4.31 Å². The number of nitrogen functional groups attached to an aromatic ring is 1. The van der Waals surface area contributed by atoms with Crippen molar-refractivity contribution in [1.29, 1.82) is 0 Å². The molecule has 0 bridgehead atoms. The van der Waals surface area contributed by atoms with Gasteiger partial charge in [-0.25, -0.2) is 12.8 Å². The van der Waals surface area contributed by atoms with E-state index in [1.165, 1.54) is 10.4 Å². The zero-order valence-electron chi connectivity index (χ0n) is 12.4. The topological polar surface area (TPSA) is 63.4 Å². The lowest BCUT2D eigenvalue weighted by atomic mass is 10.3. The number of rotatable bonds is 8. The van der Waals surface area contributed by atoms with Crippen molar-refractivity contribution in [2.24, 2.45) is 0 Å². The third kappa shape index (κ3) is 4.66. The summed E-state index contributed by atoms with van der Waals surface area (Å²) >= 11 is 3.01. The lowest BCUT2D eigenvalue weighted by Crippen LogP contribution is -2.33. The van der Waals surface area contributed by atoms with E-state index in [4.69, 9.17) is 5.73 Å². The van der Waals surface area contributed by atoms with E-state index in [9.17, 15) is 12.8 Å². The molecule has 0 spiro atoms. The summed E-state index contributed by atoms with van der Waals surface area (Å²) in [5, 5.41) is 0. The van der Waals surface area contributed by atoms with Gasteiger partial charge in [0.25, 0.3) is 0 Å². The number of unbranched alkanes of at least 4 members (excludes halogenated alkanes) is 2. The van der Waals surface area contributed by atoms with Crippen LogP contribution in [0.3, 0.4) is 0 Å². The maximum absolute atomic E-state index is 13.4. The monoisotopic (exact) mass is 380 g/mol. The number of anilines is 1. The summed E-state index contributed by atoms with van der Waals surface area (Å²) in [5.74, 6) is -0.569. The molecule has 120 valence electrons. The number of benzene rings is 1. The van der Waals surface area contributed by atoms with Gasteiger partial charge in [-0.1, -0.05) is 26.7 Å². The second-order valence-electron chi connectivity index (χ2n) is 4.92. The number of sulfonamides is 1. The van der Waals surface area contributed by atoms with E-state index >= 15 is 0 Å². The fourth-order valence-corrected chi connectivity index (χ4v) is 4.06. The number of hydrogen-bond donors (Lipinski definition) is 1. The Balaban J connectivity index is 3.18. The largest absolute Gasteiger partial charge is 0.398 e. The molecular weight excluding hydrogens is 359 g/mol. The highest BCUT2D eigenvalue weighted by Crippen LogP contribution is 2.28. The molecule has 0 saturated heterocycles. The van der Waals surface area contributed by atoms with Crippen molar-refractivity contribution in [3.63, 3.8) is 0 Å². The average Bonchev–Trinajstić information content (AvgIpc) is 2.42. The smallest absolute Gasteiger partial charge is 0.245 e. The summed E-state index contributed by atoms with van der Waals surface area (Å²) in [6.45, 7) is 4.92. The van der Waals surface area contributed by atoms with E-state index in [-0.39, 0.29) is 15.1 Å². The van der Waals surface area contributed by atoms with Crippen LogP contribution in [0.5, 0.6) is 0 Å². The SMILES string of the molecule is CCCCN(CCCC)S(=O)(=O)c1cc(Br)c(F)cc1N. The molecule has 0 atom stereocenters. The highest BCUT2D eigenvalue weighted by atomic mass is 79.9. The van der Waals surface area contributed by atoms with Crippen LogP contribution >= 0.6 is 15.9 Å². The molecule has 0 fully saturated rings. The molecule has 0 amide bonds. The van der Waals surface area contributed by atoms with Crippen LogP contribution in [-0.2, 0) is 10.0 Å². The normalized spacial score (nSPS) is 12.0. The Kier molecular flexibility index (Phi) is 7.09. The van der Waals surface area contributed by atoms with Crippen molar-refractivity contribution in [2.75, 3.05) is 18.8 Å². The van der Waals surface area contributed by atoms with E-state index in [1.807, 2.05) is 13.8 Å². The van der Waals surface area contributed by atoms with Crippen LogP contribution in [0.1, 0.15) is 39.5 Å². The van der Waals surface area contributed by atoms with Crippen LogP contribution in [0.15, 0.2) is 21.5 Å². The van der Waals surface area contributed by atoms with E-state index < -0.39 is 15.8 Å². The van der Waals surface area contributed by atoms with Gasteiger partial charge in [-0.2, -0.15) is 4.31 Å². The van der Waals surface area contributed by atoms with Gasteiger partial charge in [-0.15, -0.1) is 0 Å². The first-order valence-electron chi connectivity index (χ1n) is 7.09. The molecule has 0 aliphatic carbocycles. The van der Waals surface area contributed by atoms with E-state index in [0.29, 0.717) is 13.1 Å². The van der Waals surface area contributed by atoms with Gasteiger partial charge in [0.1, 0.15) is 10.7 Å². The van der Waals surface area contributed by atoms with Crippen molar-refractivity contribution in [3.8, 4) is 0 Å². The predicted octanol–water partition coefficient (Wildman–Crippen LogP) is 3.76. The maximum Gasteiger partial charge on any atom is 0.245 e. The summed E-state index contributed by atoms with van der Waals surface area (Å²) in [6.07, 6.45) is 3.37. The second-order valence-corrected chi connectivity index (χ2v) is 7.68. The molecule has 0 saturated carbocycles. The third-order valence-corrected chi connectivity index (χ3v) is 5.75. The second kappa shape index (κ2) is 8.10. The molecule has 1 rings (SSSR count). The summed E-state index contributed by atoms with van der Waals surface area (Å²) in [7, 11) is -3.70. The molecule has 0 unspecified atom stereocenters. The van der Waals surface area contributed by atoms with Crippen LogP contribution in [0.2, 0.25) is 0 Å². The lowest BCUT2D eigenvalue weighted by molar-refractivity contribution is 0.395. The zero-order valence-corrected chi connectivity index (χ0v) is 14.8. The molecule has 1 aromatic carbocycles. The Morgan fingerprint density at radius 2 is 1.71 bits per heavy atom. The molecule has 2 N–H and O–H groups in total. The van der Waals surface area contributed by atoms with Crippen molar-refractivity contribution in [3.05, 3.63) is 22.4 Å². The third-order valence-electron chi connectivity index (χ3n) is 3.19. The van der Waals surface area contributed by atoms with Crippen molar-refractivity contribution >= 4 is 31.6 Å². The van der Waals surface area contributed by atoms with Gasteiger partial charge in [0.15, 0.2) is 0 Å². The van der Waals surface area contributed by atoms with Gasteiger partial charge in [0.05, 0.1) is 10.2 Å². The van der Waals surface area contributed by atoms with Gasteiger partial charge in [0.2, 0.25) is 10.0 Å². The molecule has 1 aromatic rings. The first-order valence-corrected chi connectivity index (χ1v) is 9.32. The van der Waals surface area contributed by atoms with Gasteiger partial charge in [0, 0.05) is 13.1 Å². The van der Waals surface area contributed by atoms with Crippen LogP contribution in [0.4, 0.5) is 10.1 Å². The predicted molar refractivity (Wildman–Crippen MR) is 87.1 cm³/mol. The maximum atomic E-state index is 13.4. The Morgan fingerprint density at radius 1 is 1.19 bits per heavy atom. The minimum Gasteiger partial charge on any atom is -0.398 e. The van der Waals surface area contributed by atoms with Gasteiger partial charge < -0.3 is 5.73 Å². The molecule has 0 aliphatic heterocycles. The molecule has 0 aliphatic rings. The Hall–Kier alpha value is -0.660. The minimum absolute atomic E-state index is 0.0389. The first-order chi connectivity index (χ1) is 9.84. The standard InChI is InChI=1S/C14H22BrFN2O2S/c1-3-5-7-18(8-6-4-2)21(19,20)14-9-11(15)12(16)10-13(14)17/h9-10H,3-8,17H2,1-2H3. The lowest BCUT2D eigenvalue weighted by Gasteiger charge is -2.23. The van der Waals surface area contributed by atoms with Crippen LogP contribution in [-0.4, -0.2) is 25.8 Å². The molecular formula is C14H22BrFN2O2S. The Morgan fingerprint density at radius 3 is 2.19 bits per heavy atom. The fraction of sp³-hybridized carbons (Fsp3) is 0.571. The molecule has 21 heavy (non-hydrogen) atoms. The molecule has 0 heterocycles. The van der Waals surface area contributed by atoms with E-state index in [0.717, 1.165) is 31.7 Å². The quantitative estimate of drug-likeness (QED) is 0.698. The highest BCUT2D eigenvalue weighted by molar-refractivity contribution is 9.10. The molecule has 0 aromatic heterocycles. The van der Waals surface area contributed by atoms with E-state index in [1.54, 1.807) is 0 Å². The number of hydrogen-bond acceptors (Lipinski definition) is 3. The zero-order chi connectivity index (χ0) is 16.0. The van der Waals surface area contributed by atoms with Crippen LogP contribution in [0.25, 0.3) is 0 Å². The number of halogens is 2. The summed E-state index contributed by atoms with van der Waals surface area (Å²) in [6, 6.07) is 2.28. The molecule has 4 nitrogen and oxygen atoms in total. The summed E-state index contributed by atoms with van der Waals surface area (Å²) < 4.78 is 40.4. The summed E-state index contributed by atoms with van der Waals surface area (Å²) in [4.78, 5) is -0.0389. The van der Waals surface area contributed by atoms with Gasteiger partial charge >= 0.3 is 0 Å². The number of nitrogens with zero attached hydrogens (tertiary/aromatic N) is 1. The number of nitrogens with two attached hydrogens (primary N) is 1. The van der Waals surface area contributed by atoms with Crippen LogP contribution in [0, 0.1) is 5.82 Å². The summed E-state index contributed by atoms with van der Waals surface area (Å²) in [5.41, 5.74) is 5.64. The Bertz CT molecular complexity index is 571. The highest BCUT2D eigenvalue weighted by Gasteiger charge is 2.26. The molecule has 0 radical (unpaired) electrons. The molecule has 7 heteroatoms. The van der Waals surface area contributed by atoms with E-state index in [2.05, 4.69) is 15.9 Å². The first kappa shape index (κ1) is 18.4. The van der Waals surface area contributed by atoms with Crippen molar-refractivity contribution in [2.45, 2.75) is 44.4 Å². The van der Waals surface area contributed by atoms with Crippen LogP contribution < -0.4 is 5.73 Å². The average molecular weight is 381 g/mol. The van der Waals surface area contributed by atoms with Gasteiger partial charge in [-0.05, 0) is 40.9 Å². The van der Waals surface area contributed by atoms with Crippen molar-refractivity contribution < 1.29 is 12.8 Å². The fourth-order valence-electron chi connectivity index (χ4n) is 1.93. The Labute approximate surface area is 134 Å². The van der Waals surface area contributed by atoms with Gasteiger partial charge in [-0.3, -0.25) is 0 Å².